The highest BCUT2D eigenvalue weighted by atomic mass is 16.5. The van der Waals surface area contributed by atoms with Crippen LogP contribution in [0.15, 0.2) is 30.3 Å². The molecular weight excluding hydrogens is 296 g/mol. The van der Waals surface area contributed by atoms with Gasteiger partial charge in [-0.25, -0.2) is 9.59 Å². The van der Waals surface area contributed by atoms with Crippen molar-refractivity contribution in [1.29, 1.82) is 0 Å². The Hall–Kier alpha value is -2.08. The Morgan fingerprint density at radius 2 is 1.83 bits per heavy atom. The van der Waals surface area contributed by atoms with E-state index in [2.05, 4.69) is 28.9 Å². The minimum atomic E-state index is -1.13. The summed E-state index contributed by atoms with van der Waals surface area (Å²) in [5.74, 6) is -0.155. The number of likely N-dealkylation sites (tertiary alicyclic amines) is 1. The van der Waals surface area contributed by atoms with Gasteiger partial charge in [0, 0.05) is 0 Å². The molecule has 128 valence electrons. The summed E-state index contributed by atoms with van der Waals surface area (Å²) in [6, 6.07) is 7.32. The Bertz CT molecular complexity index is 475. The standard InChI is InChI=1S/C10H11NO4.C7H15N/c1-15-10(14)11-8(9(12)13)7-5-3-2-4-6-7;1-7-3-5-8(2)6-4-7/h2-6,8H,1H3,(H,11,14)(H,12,13);7H,3-6H2,1-2H3. The fraction of sp³-hybridized carbons (Fsp3) is 0.529. The van der Waals surface area contributed by atoms with Gasteiger partial charge < -0.3 is 20.1 Å². The number of hydrogen-bond donors (Lipinski definition) is 2. The Kier molecular flexibility index (Phi) is 8.11. The summed E-state index contributed by atoms with van der Waals surface area (Å²) >= 11 is 0. The molecule has 0 radical (unpaired) electrons. The van der Waals surface area contributed by atoms with Crippen molar-refractivity contribution in [3.8, 4) is 0 Å². The van der Waals surface area contributed by atoms with Gasteiger partial charge in [-0.05, 0) is 44.5 Å². The zero-order chi connectivity index (χ0) is 17.2. The number of nitrogens with one attached hydrogen (secondary N) is 1. The van der Waals surface area contributed by atoms with E-state index in [0.717, 1.165) is 5.92 Å². The lowest BCUT2D eigenvalue weighted by Crippen LogP contribution is -2.33. The van der Waals surface area contributed by atoms with Crippen molar-refractivity contribution < 1.29 is 19.4 Å². The molecule has 0 aliphatic carbocycles. The average molecular weight is 322 g/mol. The number of alkyl carbamates (subject to hydrolysis) is 1. The van der Waals surface area contributed by atoms with Crippen LogP contribution in [0.25, 0.3) is 0 Å². The second kappa shape index (κ2) is 9.84. The first-order chi connectivity index (χ1) is 10.9. The largest absolute Gasteiger partial charge is 0.479 e. The number of hydrogen-bond acceptors (Lipinski definition) is 4. The molecule has 1 aliphatic heterocycles. The fourth-order valence-corrected chi connectivity index (χ4v) is 2.25. The maximum atomic E-state index is 10.9. The number of piperidine rings is 1. The topological polar surface area (TPSA) is 78.9 Å². The molecule has 0 spiro atoms. The lowest BCUT2D eigenvalue weighted by molar-refractivity contribution is -0.139. The van der Waals surface area contributed by atoms with Crippen molar-refractivity contribution in [3.05, 3.63) is 35.9 Å². The number of benzene rings is 1. The van der Waals surface area contributed by atoms with Crippen LogP contribution in [0.3, 0.4) is 0 Å². The minimum Gasteiger partial charge on any atom is -0.479 e. The van der Waals surface area contributed by atoms with Gasteiger partial charge in [-0.2, -0.15) is 0 Å². The van der Waals surface area contributed by atoms with Crippen LogP contribution in [0.4, 0.5) is 4.79 Å². The third kappa shape index (κ3) is 7.15. The Morgan fingerprint density at radius 3 is 2.26 bits per heavy atom. The van der Waals surface area contributed by atoms with Gasteiger partial charge in [-0.15, -0.1) is 0 Å². The first-order valence-corrected chi connectivity index (χ1v) is 7.74. The molecule has 2 N–H and O–H groups in total. The van der Waals surface area contributed by atoms with Crippen molar-refractivity contribution in [2.75, 3.05) is 27.2 Å². The normalized spacial score (nSPS) is 16.7. The second-order valence-electron chi connectivity index (χ2n) is 5.80. The Balaban J connectivity index is 0.000000277. The van der Waals surface area contributed by atoms with Crippen LogP contribution in [-0.2, 0) is 9.53 Å². The summed E-state index contributed by atoms with van der Waals surface area (Å²) < 4.78 is 4.34. The van der Waals surface area contributed by atoms with Crippen LogP contribution in [0.1, 0.15) is 31.4 Å². The Labute approximate surface area is 137 Å². The predicted molar refractivity (Wildman–Crippen MR) is 88.3 cm³/mol. The van der Waals surface area contributed by atoms with Gasteiger partial charge in [0.25, 0.3) is 0 Å². The van der Waals surface area contributed by atoms with Crippen LogP contribution >= 0.6 is 0 Å². The number of ether oxygens (including phenoxy) is 1. The molecule has 2 rings (SSSR count). The predicted octanol–water partition coefficient (Wildman–Crippen LogP) is 2.52. The van der Waals surface area contributed by atoms with Gasteiger partial charge in [0.2, 0.25) is 0 Å². The summed E-state index contributed by atoms with van der Waals surface area (Å²) in [5.41, 5.74) is 0.496. The molecular formula is C17H26N2O4. The van der Waals surface area contributed by atoms with Crippen LogP contribution < -0.4 is 5.32 Å². The molecule has 1 heterocycles. The maximum absolute atomic E-state index is 10.9. The molecule has 1 aromatic carbocycles. The highest BCUT2D eigenvalue weighted by molar-refractivity contribution is 5.81. The summed E-state index contributed by atoms with van der Waals surface area (Å²) in [4.78, 5) is 24.2. The number of nitrogens with zero attached hydrogens (tertiary/aromatic N) is 1. The highest BCUT2D eigenvalue weighted by Gasteiger charge is 2.21. The van der Waals surface area contributed by atoms with E-state index in [0.29, 0.717) is 5.56 Å². The minimum absolute atomic E-state index is 0.496. The first-order valence-electron chi connectivity index (χ1n) is 7.74. The van der Waals surface area contributed by atoms with Crippen LogP contribution in [-0.4, -0.2) is 49.3 Å². The van der Waals surface area contributed by atoms with E-state index >= 15 is 0 Å². The smallest absolute Gasteiger partial charge is 0.407 e. The van der Waals surface area contributed by atoms with Crippen molar-refractivity contribution in [2.45, 2.75) is 25.8 Å². The van der Waals surface area contributed by atoms with E-state index in [1.807, 2.05) is 0 Å². The lowest BCUT2D eigenvalue weighted by Gasteiger charge is -2.26. The quantitative estimate of drug-likeness (QED) is 0.894. The maximum Gasteiger partial charge on any atom is 0.407 e. The number of carbonyl (C=O) groups excluding carboxylic acids is 1. The van der Waals surface area contributed by atoms with Gasteiger partial charge >= 0.3 is 12.1 Å². The van der Waals surface area contributed by atoms with E-state index in [4.69, 9.17) is 5.11 Å². The van der Waals surface area contributed by atoms with E-state index in [1.54, 1.807) is 30.3 Å². The fourth-order valence-electron chi connectivity index (χ4n) is 2.25. The molecule has 23 heavy (non-hydrogen) atoms. The highest BCUT2D eigenvalue weighted by Crippen LogP contribution is 2.13. The monoisotopic (exact) mass is 322 g/mol. The van der Waals surface area contributed by atoms with Crippen LogP contribution in [0.5, 0.6) is 0 Å². The molecule has 1 saturated heterocycles. The lowest BCUT2D eigenvalue weighted by atomic mass is 10.00. The summed E-state index contributed by atoms with van der Waals surface area (Å²) in [6.07, 6.45) is 2.03. The van der Waals surface area contributed by atoms with Crippen molar-refractivity contribution >= 4 is 12.1 Å². The number of carboxylic acids is 1. The second-order valence-corrected chi connectivity index (χ2v) is 5.80. The molecule has 1 aromatic rings. The van der Waals surface area contributed by atoms with Crippen molar-refractivity contribution in [3.63, 3.8) is 0 Å². The van der Waals surface area contributed by atoms with Gasteiger partial charge in [-0.1, -0.05) is 37.3 Å². The molecule has 0 bridgehead atoms. The number of methoxy groups -OCH3 is 1. The van der Waals surface area contributed by atoms with Gasteiger partial charge in [-0.3, -0.25) is 0 Å². The SMILES string of the molecule is CC1CCN(C)CC1.COC(=O)NC(C(=O)O)c1ccccc1. The number of rotatable bonds is 3. The third-order valence-corrected chi connectivity index (χ3v) is 3.83. The summed E-state index contributed by atoms with van der Waals surface area (Å²) in [5, 5.41) is 11.1. The number of carbonyl (C=O) groups is 2. The van der Waals surface area contributed by atoms with E-state index in [9.17, 15) is 9.59 Å². The molecule has 1 unspecified atom stereocenters. The zero-order valence-corrected chi connectivity index (χ0v) is 14.0. The molecule has 6 heteroatoms. The molecule has 1 aliphatic rings. The summed E-state index contributed by atoms with van der Waals surface area (Å²) in [6.45, 7) is 4.95. The summed E-state index contributed by atoms with van der Waals surface area (Å²) in [7, 11) is 3.38. The van der Waals surface area contributed by atoms with Crippen LogP contribution in [0, 0.1) is 5.92 Å². The first kappa shape index (κ1) is 19.0. The van der Waals surface area contributed by atoms with Gasteiger partial charge in [0.1, 0.15) is 0 Å². The van der Waals surface area contributed by atoms with Gasteiger partial charge in [0.15, 0.2) is 6.04 Å². The van der Waals surface area contributed by atoms with Crippen molar-refractivity contribution in [2.24, 2.45) is 5.92 Å². The van der Waals surface area contributed by atoms with E-state index in [1.165, 1.54) is 33.0 Å². The molecule has 1 atom stereocenters. The number of amides is 1. The average Bonchev–Trinajstić information content (AvgIpc) is 2.56. The molecule has 1 amide bonds. The zero-order valence-electron chi connectivity index (χ0n) is 14.0. The number of carboxylic acid groups (broad SMARTS) is 1. The molecule has 1 fully saturated rings. The van der Waals surface area contributed by atoms with E-state index < -0.39 is 18.1 Å². The molecule has 0 aromatic heterocycles. The van der Waals surface area contributed by atoms with Crippen molar-refractivity contribution in [1.82, 2.24) is 10.2 Å². The third-order valence-electron chi connectivity index (χ3n) is 3.83. The molecule has 6 nitrogen and oxygen atoms in total. The Morgan fingerprint density at radius 1 is 1.26 bits per heavy atom. The van der Waals surface area contributed by atoms with E-state index in [-0.39, 0.29) is 0 Å². The number of aliphatic carboxylic acids is 1. The van der Waals surface area contributed by atoms with Gasteiger partial charge in [0.05, 0.1) is 7.11 Å². The molecule has 0 saturated carbocycles. The van der Waals surface area contributed by atoms with Crippen LogP contribution in [0.2, 0.25) is 0 Å².